The van der Waals surface area contributed by atoms with Gasteiger partial charge in [0.05, 0.1) is 5.69 Å². The number of carbonyl (C=O) groups excluding carboxylic acids is 1. The molecule has 0 unspecified atom stereocenters. The van der Waals surface area contributed by atoms with Crippen molar-refractivity contribution in [3.05, 3.63) is 41.2 Å². The average Bonchev–Trinajstić information content (AvgIpc) is 3.12. The minimum absolute atomic E-state index is 0.123. The van der Waals surface area contributed by atoms with Crippen molar-refractivity contribution in [3.63, 3.8) is 0 Å². The third kappa shape index (κ3) is 4.10. The van der Waals surface area contributed by atoms with Crippen LogP contribution in [0.1, 0.15) is 30.8 Å². The maximum atomic E-state index is 13.9. The molecule has 0 radical (unpaired) electrons. The van der Waals surface area contributed by atoms with Gasteiger partial charge in [-0.3, -0.25) is 4.79 Å². The van der Waals surface area contributed by atoms with Gasteiger partial charge in [0.25, 0.3) is 5.91 Å². The zero-order chi connectivity index (χ0) is 17.8. The molecule has 1 aromatic carbocycles. The van der Waals surface area contributed by atoms with Gasteiger partial charge >= 0.3 is 0 Å². The molecule has 1 aliphatic heterocycles. The molecule has 1 aliphatic rings. The van der Waals surface area contributed by atoms with Crippen LogP contribution in [0.25, 0.3) is 0 Å². The molecule has 1 atom stereocenters. The first-order chi connectivity index (χ1) is 12.1. The lowest BCUT2D eigenvalue weighted by molar-refractivity contribution is 0.0935. The summed E-state index contributed by atoms with van der Waals surface area (Å²) in [6.45, 7) is 6.99. The molecule has 0 bridgehead atoms. The van der Waals surface area contributed by atoms with E-state index in [2.05, 4.69) is 20.1 Å². The number of hydrogen-bond acceptors (Lipinski definition) is 5. The molecule has 134 valence electrons. The predicted octanol–water partition coefficient (Wildman–Crippen LogP) is 3.14. The zero-order valence-electron chi connectivity index (χ0n) is 14.5. The van der Waals surface area contributed by atoms with E-state index < -0.39 is 0 Å². The number of nitrogens with zero attached hydrogens (tertiary/aromatic N) is 3. The molecular weight excluding hydrogens is 339 g/mol. The highest BCUT2D eigenvalue weighted by Crippen LogP contribution is 2.25. The van der Waals surface area contributed by atoms with Crippen molar-refractivity contribution in [2.45, 2.75) is 26.3 Å². The number of anilines is 2. The van der Waals surface area contributed by atoms with E-state index in [0.29, 0.717) is 11.4 Å². The van der Waals surface area contributed by atoms with Crippen molar-refractivity contribution in [3.8, 4) is 0 Å². The van der Waals surface area contributed by atoms with Crippen LogP contribution in [0.4, 0.5) is 15.2 Å². The van der Waals surface area contributed by atoms with E-state index >= 15 is 0 Å². The van der Waals surface area contributed by atoms with Gasteiger partial charge in [-0.05, 0) is 25.5 Å². The summed E-state index contributed by atoms with van der Waals surface area (Å²) in [5.41, 5.74) is 1.12. The van der Waals surface area contributed by atoms with Crippen molar-refractivity contribution in [2.24, 2.45) is 0 Å². The molecule has 1 N–H and O–H groups in total. The molecule has 3 rings (SSSR count). The van der Waals surface area contributed by atoms with Crippen LogP contribution in [0.15, 0.2) is 29.6 Å². The number of rotatable bonds is 5. The fraction of sp³-hybridized carbons (Fsp3) is 0.444. The van der Waals surface area contributed by atoms with E-state index in [4.69, 9.17) is 0 Å². The van der Waals surface area contributed by atoms with Gasteiger partial charge in [-0.25, -0.2) is 9.37 Å². The van der Waals surface area contributed by atoms with Crippen LogP contribution in [0.3, 0.4) is 0 Å². The fourth-order valence-corrected chi connectivity index (χ4v) is 3.62. The van der Waals surface area contributed by atoms with Gasteiger partial charge in [-0.2, -0.15) is 0 Å². The highest BCUT2D eigenvalue weighted by atomic mass is 32.1. The summed E-state index contributed by atoms with van der Waals surface area (Å²) in [5.74, 6) is -0.309. The van der Waals surface area contributed by atoms with Crippen molar-refractivity contribution in [1.29, 1.82) is 0 Å². The van der Waals surface area contributed by atoms with Crippen molar-refractivity contribution in [2.75, 3.05) is 36.0 Å². The number of halogens is 1. The molecule has 1 fully saturated rings. The Morgan fingerprint density at radius 3 is 2.64 bits per heavy atom. The topological polar surface area (TPSA) is 48.5 Å². The lowest BCUT2D eigenvalue weighted by atomic mass is 10.2. The highest BCUT2D eigenvalue weighted by Gasteiger charge is 2.22. The van der Waals surface area contributed by atoms with Gasteiger partial charge in [-0.15, -0.1) is 11.3 Å². The lowest BCUT2D eigenvalue weighted by Crippen LogP contribution is -2.46. The van der Waals surface area contributed by atoms with Crippen LogP contribution >= 0.6 is 11.3 Å². The fourth-order valence-electron chi connectivity index (χ4n) is 2.76. The summed E-state index contributed by atoms with van der Waals surface area (Å²) in [7, 11) is 0. The van der Waals surface area contributed by atoms with Gasteiger partial charge < -0.3 is 15.1 Å². The standard InChI is InChI=1S/C18H23FN4OS/c1-3-13(2)20-17(24)15-12-25-18(21-15)23-10-8-22(9-11-23)16-7-5-4-6-14(16)19/h4-7,12-13H,3,8-11H2,1-2H3,(H,20,24)/t13-/m0/s1. The number of benzene rings is 1. The summed E-state index contributed by atoms with van der Waals surface area (Å²) in [4.78, 5) is 20.8. The molecule has 25 heavy (non-hydrogen) atoms. The van der Waals surface area contributed by atoms with Gasteiger partial charge in [-0.1, -0.05) is 19.1 Å². The Labute approximate surface area is 151 Å². The van der Waals surface area contributed by atoms with Crippen LogP contribution < -0.4 is 15.1 Å². The SMILES string of the molecule is CC[C@H](C)NC(=O)c1csc(N2CCN(c3ccccc3F)CC2)n1. The Balaban J connectivity index is 1.60. The van der Waals surface area contributed by atoms with Gasteiger partial charge in [0.15, 0.2) is 5.13 Å². The molecule has 0 saturated carbocycles. The zero-order valence-corrected chi connectivity index (χ0v) is 15.4. The molecule has 5 nitrogen and oxygen atoms in total. The highest BCUT2D eigenvalue weighted by molar-refractivity contribution is 7.13. The Morgan fingerprint density at radius 2 is 1.96 bits per heavy atom. The Morgan fingerprint density at radius 1 is 1.28 bits per heavy atom. The van der Waals surface area contributed by atoms with Crippen molar-refractivity contribution in [1.82, 2.24) is 10.3 Å². The number of piperazine rings is 1. The number of para-hydroxylation sites is 1. The van der Waals surface area contributed by atoms with E-state index in [1.165, 1.54) is 17.4 Å². The smallest absolute Gasteiger partial charge is 0.271 e. The van der Waals surface area contributed by atoms with Crippen LogP contribution in [0.5, 0.6) is 0 Å². The first-order valence-electron chi connectivity index (χ1n) is 8.59. The van der Waals surface area contributed by atoms with Crippen LogP contribution in [-0.2, 0) is 0 Å². The molecule has 2 aromatic rings. The maximum Gasteiger partial charge on any atom is 0.271 e. The molecule has 2 heterocycles. The minimum atomic E-state index is -0.186. The maximum absolute atomic E-state index is 13.9. The molecule has 0 spiro atoms. The molecule has 1 amide bonds. The van der Waals surface area contributed by atoms with E-state index in [-0.39, 0.29) is 17.8 Å². The molecular formula is C18H23FN4OS. The first-order valence-corrected chi connectivity index (χ1v) is 9.47. The Hall–Kier alpha value is -2.15. The van der Waals surface area contributed by atoms with Crippen LogP contribution in [-0.4, -0.2) is 43.1 Å². The minimum Gasteiger partial charge on any atom is -0.366 e. The summed E-state index contributed by atoms with van der Waals surface area (Å²) in [5, 5.41) is 5.59. The number of aromatic nitrogens is 1. The average molecular weight is 362 g/mol. The number of nitrogens with one attached hydrogen (secondary N) is 1. The summed E-state index contributed by atoms with van der Waals surface area (Å²) < 4.78 is 13.9. The van der Waals surface area contributed by atoms with E-state index in [9.17, 15) is 9.18 Å². The Bertz CT molecular complexity index is 727. The number of amides is 1. The molecule has 7 heteroatoms. The predicted molar refractivity (Wildman–Crippen MR) is 100 cm³/mol. The molecule has 1 saturated heterocycles. The van der Waals surface area contributed by atoms with Crippen molar-refractivity contribution >= 4 is 28.1 Å². The number of thiazole rings is 1. The van der Waals surface area contributed by atoms with Crippen molar-refractivity contribution < 1.29 is 9.18 Å². The third-order valence-corrected chi connectivity index (χ3v) is 5.36. The van der Waals surface area contributed by atoms with E-state index in [1.807, 2.05) is 26.0 Å². The third-order valence-electron chi connectivity index (χ3n) is 4.46. The summed E-state index contributed by atoms with van der Waals surface area (Å²) in [6.07, 6.45) is 0.890. The monoisotopic (exact) mass is 362 g/mol. The quantitative estimate of drug-likeness (QED) is 0.888. The second-order valence-corrected chi connectivity index (χ2v) is 7.06. The number of carbonyl (C=O) groups is 1. The van der Waals surface area contributed by atoms with Gasteiger partial charge in [0.2, 0.25) is 0 Å². The van der Waals surface area contributed by atoms with E-state index in [1.54, 1.807) is 11.4 Å². The molecule has 1 aromatic heterocycles. The summed E-state index contributed by atoms with van der Waals surface area (Å²) >= 11 is 1.48. The molecule has 0 aliphatic carbocycles. The lowest BCUT2D eigenvalue weighted by Gasteiger charge is -2.36. The largest absolute Gasteiger partial charge is 0.366 e. The van der Waals surface area contributed by atoms with Gasteiger partial charge in [0.1, 0.15) is 11.5 Å². The van der Waals surface area contributed by atoms with Crippen LogP contribution in [0, 0.1) is 5.82 Å². The number of hydrogen-bond donors (Lipinski definition) is 1. The first kappa shape index (κ1) is 17.7. The normalized spacial score (nSPS) is 16.0. The second-order valence-electron chi connectivity index (χ2n) is 6.22. The Kier molecular flexibility index (Phi) is 5.53. The summed E-state index contributed by atoms with van der Waals surface area (Å²) in [6, 6.07) is 7.00. The van der Waals surface area contributed by atoms with Gasteiger partial charge in [0, 0.05) is 37.6 Å². The van der Waals surface area contributed by atoms with Crippen LogP contribution in [0.2, 0.25) is 0 Å². The second kappa shape index (κ2) is 7.82. The van der Waals surface area contributed by atoms with E-state index in [0.717, 1.165) is 37.7 Å².